The summed E-state index contributed by atoms with van der Waals surface area (Å²) in [6.07, 6.45) is 2.15. The van der Waals surface area contributed by atoms with Crippen LogP contribution in [0.25, 0.3) is 0 Å². The molecular formula is C25H30ClN3O2. The van der Waals surface area contributed by atoms with E-state index < -0.39 is 0 Å². The van der Waals surface area contributed by atoms with Crippen LogP contribution < -0.4 is 5.32 Å². The highest BCUT2D eigenvalue weighted by Gasteiger charge is 2.51. The molecule has 2 saturated heterocycles. The van der Waals surface area contributed by atoms with Gasteiger partial charge in [0.05, 0.1) is 11.7 Å². The second-order valence-corrected chi connectivity index (χ2v) is 9.50. The van der Waals surface area contributed by atoms with Gasteiger partial charge in [-0.2, -0.15) is 0 Å². The van der Waals surface area contributed by atoms with Crippen molar-refractivity contribution < 1.29 is 9.59 Å². The van der Waals surface area contributed by atoms with Crippen LogP contribution in [0.3, 0.4) is 0 Å². The average Bonchev–Trinajstić information content (AvgIpc) is 3.00. The molecule has 5 nitrogen and oxygen atoms in total. The van der Waals surface area contributed by atoms with Gasteiger partial charge < -0.3 is 9.80 Å². The minimum Gasteiger partial charge on any atom is -0.338 e. The molecule has 31 heavy (non-hydrogen) atoms. The zero-order valence-electron chi connectivity index (χ0n) is 18.2. The van der Waals surface area contributed by atoms with E-state index in [0.717, 1.165) is 24.9 Å². The van der Waals surface area contributed by atoms with Gasteiger partial charge in [0.1, 0.15) is 0 Å². The summed E-state index contributed by atoms with van der Waals surface area (Å²) in [5, 5.41) is 4.31. The topological polar surface area (TPSA) is 52.7 Å². The Hall–Kier alpha value is -2.37. The molecule has 2 heterocycles. The van der Waals surface area contributed by atoms with Crippen LogP contribution in [0, 0.1) is 5.92 Å². The normalized spacial score (nSPS) is 20.6. The smallest absolute Gasteiger partial charge is 0.253 e. The van der Waals surface area contributed by atoms with Gasteiger partial charge in [0.25, 0.3) is 5.91 Å². The Morgan fingerprint density at radius 2 is 1.74 bits per heavy atom. The van der Waals surface area contributed by atoms with Crippen molar-refractivity contribution in [2.75, 3.05) is 19.6 Å². The number of rotatable bonds is 5. The van der Waals surface area contributed by atoms with Crippen LogP contribution in [-0.4, -0.2) is 53.0 Å². The first-order chi connectivity index (χ1) is 14.9. The zero-order chi connectivity index (χ0) is 22.0. The van der Waals surface area contributed by atoms with Crippen molar-refractivity contribution in [2.45, 2.75) is 44.8 Å². The molecule has 1 N–H and O–H groups in total. The summed E-state index contributed by atoms with van der Waals surface area (Å²) in [7, 11) is 0. The molecule has 2 fully saturated rings. The lowest BCUT2D eigenvalue weighted by molar-refractivity contribution is -0.134. The molecule has 6 heteroatoms. The highest BCUT2D eigenvalue weighted by Crippen LogP contribution is 2.34. The maximum atomic E-state index is 13.4. The fourth-order valence-electron chi connectivity index (χ4n) is 4.75. The molecular weight excluding hydrogens is 410 g/mol. The van der Waals surface area contributed by atoms with Gasteiger partial charge in [-0.1, -0.05) is 55.8 Å². The lowest BCUT2D eigenvalue weighted by Gasteiger charge is -2.45. The number of likely N-dealkylation sites (tertiary alicyclic amines) is 1. The van der Waals surface area contributed by atoms with E-state index in [1.54, 1.807) is 24.3 Å². The standard InChI is InChI=1S/C25H30ClN3O2/c1-18(2)17-29-24(31)22(16-19-6-4-3-5-7-19)27-25(29)12-14-28(15-13-25)23(30)20-8-10-21(26)11-9-20/h3-11,18,22,27H,12-17H2,1-2H3. The van der Waals surface area contributed by atoms with Crippen molar-refractivity contribution in [3.8, 4) is 0 Å². The Kier molecular flexibility index (Phi) is 6.35. The van der Waals surface area contributed by atoms with Gasteiger partial charge in [0, 0.05) is 43.1 Å². The number of carbonyl (C=O) groups is 2. The number of halogens is 1. The summed E-state index contributed by atoms with van der Waals surface area (Å²) in [6, 6.07) is 17.0. The van der Waals surface area contributed by atoms with Crippen molar-refractivity contribution in [1.82, 2.24) is 15.1 Å². The summed E-state index contributed by atoms with van der Waals surface area (Å²) in [6.45, 7) is 6.25. The lowest BCUT2D eigenvalue weighted by atomic mass is 9.94. The molecule has 2 aromatic carbocycles. The molecule has 1 atom stereocenters. The fraction of sp³-hybridized carbons (Fsp3) is 0.440. The lowest BCUT2D eigenvalue weighted by Crippen LogP contribution is -2.60. The third kappa shape index (κ3) is 4.63. The van der Waals surface area contributed by atoms with E-state index in [2.05, 4.69) is 36.2 Å². The Morgan fingerprint density at radius 1 is 1.10 bits per heavy atom. The molecule has 0 aromatic heterocycles. The monoisotopic (exact) mass is 439 g/mol. The largest absolute Gasteiger partial charge is 0.338 e. The Bertz CT molecular complexity index is 922. The number of benzene rings is 2. The van der Waals surface area contributed by atoms with Gasteiger partial charge in [-0.05, 0) is 42.2 Å². The van der Waals surface area contributed by atoms with Crippen LogP contribution in [0.5, 0.6) is 0 Å². The van der Waals surface area contributed by atoms with Crippen LogP contribution >= 0.6 is 11.6 Å². The predicted molar refractivity (Wildman–Crippen MR) is 123 cm³/mol. The van der Waals surface area contributed by atoms with E-state index in [0.29, 0.717) is 36.0 Å². The molecule has 0 bridgehead atoms. The van der Waals surface area contributed by atoms with Crippen molar-refractivity contribution >= 4 is 23.4 Å². The summed E-state index contributed by atoms with van der Waals surface area (Å²) in [5.41, 5.74) is 1.43. The molecule has 2 aliphatic rings. The van der Waals surface area contributed by atoms with Gasteiger partial charge in [0.2, 0.25) is 5.91 Å². The number of carbonyl (C=O) groups excluding carboxylic acids is 2. The Labute approximate surface area is 189 Å². The molecule has 164 valence electrons. The van der Waals surface area contributed by atoms with E-state index in [1.807, 2.05) is 23.1 Å². The Morgan fingerprint density at radius 3 is 2.35 bits per heavy atom. The number of piperidine rings is 1. The number of nitrogens with zero attached hydrogens (tertiary/aromatic N) is 2. The highest BCUT2D eigenvalue weighted by atomic mass is 35.5. The molecule has 0 aliphatic carbocycles. The van der Waals surface area contributed by atoms with E-state index in [-0.39, 0.29) is 23.5 Å². The second-order valence-electron chi connectivity index (χ2n) is 9.06. The summed E-state index contributed by atoms with van der Waals surface area (Å²) >= 11 is 5.96. The van der Waals surface area contributed by atoms with E-state index in [1.165, 1.54) is 0 Å². The first kappa shape index (κ1) is 21.8. The van der Waals surface area contributed by atoms with Crippen molar-refractivity contribution in [2.24, 2.45) is 5.92 Å². The summed E-state index contributed by atoms with van der Waals surface area (Å²) < 4.78 is 0. The van der Waals surface area contributed by atoms with Gasteiger partial charge in [-0.3, -0.25) is 14.9 Å². The fourth-order valence-corrected chi connectivity index (χ4v) is 4.88. The summed E-state index contributed by atoms with van der Waals surface area (Å²) in [5.74, 6) is 0.578. The van der Waals surface area contributed by atoms with Crippen LogP contribution in [0.4, 0.5) is 0 Å². The van der Waals surface area contributed by atoms with E-state index in [9.17, 15) is 9.59 Å². The number of hydrogen-bond acceptors (Lipinski definition) is 3. The van der Waals surface area contributed by atoms with E-state index in [4.69, 9.17) is 11.6 Å². The second kappa shape index (κ2) is 9.01. The molecule has 1 unspecified atom stereocenters. The number of nitrogens with one attached hydrogen (secondary N) is 1. The average molecular weight is 440 g/mol. The SMILES string of the molecule is CC(C)CN1C(=O)C(Cc2ccccc2)NC12CCN(C(=O)c1ccc(Cl)cc1)CC2. The maximum absolute atomic E-state index is 13.4. The quantitative estimate of drug-likeness (QED) is 0.766. The van der Waals surface area contributed by atoms with Crippen molar-refractivity contribution in [3.05, 3.63) is 70.7 Å². The molecule has 2 aromatic rings. The van der Waals surface area contributed by atoms with Gasteiger partial charge in [0.15, 0.2) is 0 Å². The first-order valence-electron chi connectivity index (χ1n) is 11.1. The van der Waals surface area contributed by atoms with Crippen molar-refractivity contribution in [3.63, 3.8) is 0 Å². The maximum Gasteiger partial charge on any atom is 0.253 e. The van der Waals surface area contributed by atoms with Crippen LogP contribution in [0.1, 0.15) is 42.6 Å². The molecule has 2 aliphatic heterocycles. The zero-order valence-corrected chi connectivity index (χ0v) is 18.9. The third-order valence-electron chi connectivity index (χ3n) is 6.32. The van der Waals surface area contributed by atoms with Crippen LogP contribution in [0.2, 0.25) is 5.02 Å². The molecule has 2 amide bonds. The summed E-state index contributed by atoms with van der Waals surface area (Å²) in [4.78, 5) is 30.2. The molecule has 0 radical (unpaired) electrons. The Balaban J connectivity index is 1.49. The molecule has 0 saturated carbocycles. The van der Waals surface area contributed by atoms with Gasteiger partial charge in [-0.25, -0.2) is 0 Å². The minimum atomic E-state index is -0.377. The number of hydrogen-bond donors (Lipinski definition) is 1. The van der Waals surface area contributed by atoms with Crippen LogP contribution in [0.15, 0.2) is 54.6 Å². The molecule has 1 spiro atoms. The third-order valence-corrected chi connectivity index (χ3v) is 6.58. The van der Waals surface area contributed by atoms with Crippen molar-refractivity contribution in [1.29, 1.82) is 0 Å². The highest BCUT2D eigenvalue weighted by molar-refractivity contribution is 6.30. The van der Waals surface area contributed by atoms with Crippen LogP contribution in [-0.2, 0) is 11.2 Å². The van der Waals surface area contributed by atoms with Gasteiger partial charge >= 0.3 is 0 Å². The minimum absolute atomic E-state index is 0.0204. The van der Waals surface area contributed by atoms with E-state index >= 15 is 0 Å². The predicted octanol–water partition coefficient (Wildman–Crippen LogP) is 3.97. The first-order valence-corrected chi connectivity index (χ1v) is 11.4. The molecule has 4 rings (SSSR count). The van der Waals surface area contributed by atoms with Gasteiger partial charge in [-0.15, -0.1) is 0 Å². The number of amides is 2.